The van der Waals surface area contributed by atoms with Crippen LogP contribution in [0.1, 0.15) is 45.9 Å². The van der Waals surface area contributed by atoms with Crippen LogP contribution in [0.5, 0.6) is 0 Å². The maximum absolute atomic E-state index is 12.5. The molecule has 8 nitrogen and oxygen atoms in total. The maximum atomic E-state index is 12.5. The van der Waals surface area contributed by atoms with Crippen LogP contribution < -0.4 is 0 Å². The summed E-state index contributed by atoms with van der Waals surface area (Å²) in [5.41, 5.74) is -0.361. The Morgan fingerprint density at radius 2 is 2.16 bits per heavy atom. The first-order valence-electron chi connectivity index (χ1n) is 9.20. The molecule has 0 N–H and O–H groups in total. The summed E-state index contributed by atoms with van der Waals surface area (Å²) in [6, 6.07) is 0. The summed E-state index contributed by atoms with van der Waals surface area (Å²) in [5, 5.41) is 12.5. The van der Waals surface area contributed by atoms with Crippen LogP contribution >= 0.6 is 0 Å². The summed E-state index contributed by atoms with van der Waals surface area (Å²) in [6.45, 7) is 9.12. The Balaban J connectivity index is 2.24. The van der Waals surface area contributed by atoms with Crippen LogP contribution in [-0.4, -0.2) is 76.3 Å². The fourth-order valence-corrected chi connectivity index (χ4v) is 3.35. The lowest BCUT2D eigenvalue weighted by Crippen LogP contribution is -2.57. The molecular formula is C17H32N6O2. The molecule has 0 radical (unpaired) electrons. The molecule has 8 heteroatoms. The quantitative estimate of drug-likeness (QED) is 0.698. The van der Waals surface area contributed by atoms with Crippen molar-refractivity contribution in [2.75, 3.05) is 40.4 Å². The van der Waals surface area contributed by atoms with E-state index in [9.17, 15) is 4.79 Å². The van der Waals surface area contributed by atoms with Crippen LogP contribution in [0.15, 0.2) is 0 Å². The molecule has 1 unspecified atom stereocenters. The number of carbonyl (C=O) groups is 1. The number of aromatic nitrogens is 4. The summed E-state index contributed by atoms with van der Waals surface area (Å²) >= 11 is 0. The minimum atomic E-state index is -0.361. The second kappa shape index (κ2) is 8.71. The van der Waals surface area contributed by atoms with Gasteiger partial charge in [-0.1, -0.05) is 13.8 Å². The van der Waals surface area contributed by atoms with Crippen LogP contribution in [0.25, 0.3) is 0 Å². The van der Waals surface area contributed by atoms with E-state index in [1.54, 1.807) is 0 Å². The molecule has 25 heavy (non-hydrogen) atoms. The average Bonchev–Trinajstić information content (AvgIpc) is 3.06. The van der Waals surface area contributed by atoms with E-state index in [1.165, 1.54) is 0 Å². The summed E-state index contributed by atoms with van der Waals surface area (Å²) in [4.78, 5) is 16.5. The van der Waals surface area contributed by atoms with Gasteiger partial charge in [0.25, 0.3) is 0 Å². The number of likely N-dealkylation sites (tertiary alicyclic amines) is 1. The van der Waals surface area contributed by atoms with Crippen molar-refractivity contribution in [2.24, 2.45) is 5.92 Å². The fraction of sp³-hybridized carbons (Fsp3) is 0.882. The first-order valence-corrected chi connectivity index (χ1v) is 9.20. The molecule has 1 aromatic heterocycles. The first-order chi connectivity index (χ1) is 11.9. The maximum Gasteiger partial charge on any atom is 0.248 e. The SMILES string of the molecule is CCOCC(=O)N1CCCC(c2nnnn2CCC(C)C)(N(C)C)C1. The van der Waals surface area contributed by atoms with Gasteiger partial charge in [-0.05, 0) is 56.6 Å². The van der Waals surface area contributed by atoms with Gasteiger partial charge in [-0.15, -0.1) is 5.10 Å². The fourth-order valence-electron chi connectivity index (χ4n) is 3.35. The number of tetrazole rings is 1. The van der Waals surface area contributed by atoms with Gasteiger partial charge >= 0.3 is 0 Å². The predicted molar refractivity (Wildman–Crippen MR) is 94.9 cm³/mol. The minimum Gasteiger partial charge on any atom is -0.372 e. The van der Waals surface area contributed by atoms with Crippen molar-refractivity contribution in [1.82, 2.24) is 30.0 Å². The van der Waals surface area contributed by atoms with Crippen molar-refractivity contribution in [1.29, 1.82) is 0 Å². The van der Waals surface area contributed by atoms with E-state index >= 15 is 0 Å². The molecule has 1 aliphatic heterocycles. The van der Waals surface area contributed by atoms with Crippen molar-refractivity contribution in [3.05, 3.63) is 5.82 Å². The van der Waals surface area contributed by atoms with Crippen molar-refractivity contribution in [2.45, 2.75) is 52.1 Å². The number of hydrogen-bond acceptors (Lipinski definition) is 6. The van der Waals surface area contributed by atoms with E-state index < -0.39 is 0 Å². The zero-order chi connectivity index (χ0) is 18.4. The van der Waals surface area contributed by atoms with Gasteiger partial charge in [0.2, 0.25) is 5.91 Å². The van der Waals surface area contributed by atoms with Crippen LogP contribution in [0.2, 0.25) is 0 Å². The largest absolute Gasteiger partial charge is 0.372 e. The lowest BCUT2D eigenvalue weighted by molar-refractivity contribution is -0.140. The van der Waals surface area contributed by atoms with Crippen LogP contribution in [-0.2, 0) is 21.6 Å². The first kappa shape index (κ1) is 19.8. The standard InChI is InChI=1S/C17H32N6O2/c1-6-25-12-15(24)22-10-7-9-17(13-22,21(4)5)16-18-19-20-23(16)11-8-14(2)3/h14H,6-13H2,1-5H3. The molecule has 1 amide bonds. The summed E-state index contributed by atoms with van der Waals surface area (Å²) in [6.07, 6.45) is 2.88. The molecule has 142 valence electrons. The smallest absolute Gasteiger partial charge is 0.248 e. The average molecular weight is 352 g/mol. The highest BCUT2D eigenvalue weighted by Gasteiger charge is 2.44. The number of hydrogen-bond donors (Lipinski definition) is 0. The van der Waals surface area contributed by atoms with E-state index in [2.05, 4.69) is 34.3 Å². The highest BCUT2D eigenvalue weighted by atomic mass is 16.5. The second-order valence-corrected chi connectivity index (χ2v) is 7.39. The Morgan fingerprint density at radius 1 is 1.40 bits per heavy atom. The number of nitrogens with zero attached hydrogens (tertiary/aromatic N) is 6. The Bertz CT molecular complexity index is 559. The molecule has 0 saturated carbocycles. The molecule has 0 spiro atoms. The summed E-state index contributed by atoms with van der Waals surface area (Å²) < 4.78 is 7.22. The number of ether oxygens (including phenoxy) is 1. The summed E-state index contributed by atoms with van der Waals surface area (Å²) in [5.74, 6) is 1.48. The second-order valence-electron chi connectivity index (χ2n) is 7.39. The third-order valence-electron chi connectivity index (χ3n) is 4.98. The van der Waals surface area contributed by atoms with Crippen LogP contribution in [0.4, 0.5) is 0 Å². The molecule has 0 aromatic carbocycles. The topological polar surface area (TPSA) is 76.4 Å². The van der Waals surface area contributed by atoms with E-state index in [-0.39, 0.29) is 18.1 Å². The zero-order valence-electron chi connectivity index (χ0n) is 16.2. The molecular weight excluding hydrogens is 320 g/mol. The minimum absolute atomic E-state index is 0.0361. The molecule has 1 aliphatic rings. The van der Waals surface area contributed by atoms with Gasteiger partial charge in [-0.2, -0.15) is 0 Å². The van der Waals surface area contributed by atoms with Crippen molar-refractivity contribution in [3.8, 4) is 0 Å². The number of likely N-dealkylation sites (N-methyl/N-ethyl adjacent to an activating group) is 1. The highest BCUT2D eigenvalue weighted by molar-refractivity contribution is 5.77. The Labute approximate surface area is 150 Å². The monoisotopic (exact) mass is 352 g/mol. The Kier molecular flexibility index (Phi) is 6.89. The highest BCUT2D eigenvalue weighted by Crippen LogP contribution is 2.34. The van der Waals surface area contributed by atoms with E-state index in [4.69, 9.17) is 4.74 Å². The van der Waals surface area contributed by atoms with Gasteiger partial charge in [0.15, 0.2) is 5.82 Å². The third kappa shape index (κ3) is 4.55. The van der Waals surface area contributed by atoms with Gasteiger partial charge < -0.3 is 9.64 Å². The zero-order valence-corrected chi connectivity index (χ0v) is 16.2. The van der Waals surface area contributed by atoms with Crippen molar-refractivity contribution >= 4 is 5.91 Å². The molecule has 0 bridgehead atoms. The van der Waals surface area contributed by atoms with Gasteiger partial charge in [0.1, 0.15) is 12.1 Å². The van der Waals surface area contributed by atoms with Gasteiger partial charge in [-0.25, -0.2) is 4.68 Å². The predicted octanol–water partition coefficient (Wildman–Crippen LogP) is 1.14. The number of amides is 1. The summed E-state index contributed by atoms with van der Waals surface area (Å²) in [7, 11) is 4.08. The molecule has 0 aliphatic carbocycles. The van der Waals surface area contributed by atoms with E-state index in [1.807, 2.05) is 30.6 Å². The number of aryl methyl sites for hydroxylation is 1. The molecule has 1 aromatic rings. The van der Waals surface area contributed by atoms with Crippen molar-refractivity contribution in [3.63, 3.8) is 0 Å². The van der Waals surface area contributed by atoms with Crippen molar-refractivity contribution < 1.29 is 9.53 Å². The normalized spacial score (nSPS) is 21.3. The molecule has 2 rings (SSSR count). The van der Waals surface area contributed by atoms with E-state index in [0.29, 0.717) is 19.1 Å². The molecule has 1 atom stereocenters. The van der Waals surface area contributed by atoms with Gasteiger partial charge in [0.05, 0.1) is 0 Å². The lowest BCUT2D eigenvalue weighted by Gasteiger charge is -2.45. The van der Waals surface area contributed by atoms with Gasteiger partial charge in [-0.3, -0.25) is 9.69 Å². The van der Waals surface area contributed by atoms with E-state index in [0.717, 1.165) is 38.2 Å². The Hall–Kier alpha value is -1.54. The van der Waals surface area contributed by atoms with Crippen LogP contribution in [0, 0.1) is 5.92 Å². The number of rotatable bonds is 8. The molecule has 1 saturated heterocycles. The molecule has 1 fully saturated rings. The van der Waals surface area contributed by atoms with Gasteiger partial charge in [0, 0.05) is 26.2 Å². The third-order valence-corrected chi connectivity index (χ3v) is 4.98. The Morgan fingerprint density at radius 3 is 2.80 bits per heavy atom. The lowest BCUT2D eigenvalue weighted by atomic mass is 9.86. The number of piperidine rings is 1. The van der Waals surface area contributed by atoms with Crippen LogP contribution in [0.3, 0.4) is 0 Å². The number of carbonyl (C=O) groups excluding carboxylic acids is 1. The molecule has 2 heterocycles.